The number of carboxylic acids is 1. The van der Waals surface area contributed by atoms with Crippen LogP contribution in [0.2, 0.25) is 0 Å². The first-order valence-electron chi connectivity index (χ1n) is 5.60. The lowest BCUT2D eigenvalue weighted by Gasteiger charge is -2.16. The second-order valence-corrected chi connectivity index (χ2v) is 4.80. The predicted octanol–water partition coefficient (Wildman–Crippen LogP) is 2.18. The van der Waals surface area contributed by atoms with Crippen LogP contribution >= 0.6 is 0 Å². The van der Waals surface area contributed by atoms with Crippen LogP contribution in [0, 0.1) is 0 Å². The first-order chi connectivity index (χ1) is 7.87. The fourth-order valence-corrected chi connectivity index (χ4v) is 2.09. The normalized spacial score (nSPS) is 16.5. The zero-order valence-electron chi connectivity index (χ0n) is 10.1. The van der Waals surface area contributed by atoms with E-state index in [0.717, 1.165) is 17.5 Å². The van der Waals surface area contributed by atoms with Gasteiger partial charge in [0.25, 0.3) is 0 Å². The third kappa shape index (κ3) is 1.60. The maximum atomic E-state index is 11.8. The average Bonchev–Trinajstić information content (AvgIpc) is 2.49. The number of aromatic carboxylic acids is 1. The van der Waals surface area contributed by atoms with Crippen molar-refractivity contribution in [3.63, 3.8) is 0 Å². The van der Waals surface area contributed by atoms with E-state index in [2.05, 4.69) is 5.32 Å². The van der Waals surface area contributed by atoms with E-state index in [1.165, 1.54) is 0 Å². The molecule has 1 aromatic carbocycles. The number of rotatable bonds is 2. The molecule has 2 rings (SSSR count). The monoisotopic (exact) mass is 233 g/mol. The van der Waals surface area contributed by atoms with Crippen molar-refractivity contribution in [1.29, 1.82) is 0 Å². The second kappa shape index (κ2) is 3.58. The maximum absolute atomic E-state index is 11.8. The smallest absolute Gasteiger partial charge is 0.337 e. The summed E-state index contributed by atoms with van der Waals surface area (Å²) in [6.07, 6.45) is 0.748. The van der Waals surface area contributed by atoms with Gasteiger partial charge in [0, 0.05) is 0 Å². The Morgan fingerprint density at radius 2 is 2.06 bits per heavy atom. The van der Waals surface area contributed by atoms with Gasteiger partial charge in [0.2, 0.25) is 5.91 Å². The Morgan fingerprint density at radius 3 is 2.59 bits per heavy atom. The van der Waals surface area contributed by atoms with Gasteiger partial charge < -0.3 is 10.4 Å². The maximum Gasteiger partial charge on any atom is 0.337 e. The molecule has 4 heteroatoms. The number of anilines is 1. The lowest BCUT2D eigenvalue weighted by atomic mass is 9.84. The van der Waals surface area contributed by atoms with Crippen molar-refractivity contribution in [3.05, 3.63) is 28.8 Å². The summed E-state index contributed by atoms with van der Waals surface area (Å²) in [6, 6.07) is 3.54. The summed E-state index contributed by atoms with van der Waals surface area (Å²) in [7, 11) is 0. The molecule has 0 radical (unpaired) electrons. The molecule has 0 aromatic heterocycles. The van der Waals surface area contributed by atoms with Crippen molar-refractivity contribution >= 4 is 17.6 Å². The van der Waals surface area contributed by atoms with Gasteiger partial charge in [-0.2, -0.15) is 0 Å². The molecule has 17 heavy (non-hydrogen) atoms. The van der Waals surface area contributed by atoms with E-state index in [9.17, 15) is 14.7 Å². The molecule has 0 bridgehead atoms. The van der Waals surface area contributed by atoms with Crippen molar-refractivity contribution in [2.45, 2.75) is 32.6 Å². The van der Waals surface area contributed by atoms with Gasteiger partial charge >= 0.3 is 5.97 Å². The molecular formula is C13H15NO3. The Balaban J connectivity index is 2.72. The Bertz CT molecular complexity index is 518. The standard InChI is InChI=1S/C13H15NO3/c1-4-7-5-8(11(15)16)10-9(6-7)13(2,3)12(17)14-10/h5-6H,4H2,1-3H3,(H,14,17)(H,15,16). The van der Waals surface area contributed by atoms with Crippen LogP contribution < -0.4 is 5.32 Å². The molecule has 1 heterocycles. The largest absolute Gasteiger partial charge is 0.478 e. The van der Waals surface area contributed by atoms with Gasteiger partial charge in [0.15, 0.2) is 0 Å². The minimum absolute atomic E-state index is 0.150. The van der Waals surface area contributed by atoms with Crippen LogP contribution in [-0.4, -0.2) is 17.0 Å². The van der Waals surface area contributed by atoms with E-state index in [1.54, 1.807) is 19.9 Å². The quantitative estimate of drug-likeness (QED) is 0.822. The predicted molar refractivity (Wildman–Crippen MR) is 64.4 cm³/mol. The molecule has 4 nitrogen and oxygen atoms in total. The minimum atomic E-state index is -1.01. The highest BCUT2D eigenvalue weighted by molar-refractivity contribution is 6.11. The molecule has 1 aliphatic heterocycles. The van der Waals surface area contributed by atoms with Crippen LogP contribution in [0.4, 0.5) is 5.69 Å². The highest BCUT2D eigenvalue weighted by Crippen LogP contribution is 2.40. The molecule has 0 unspecified atom stereocenters. The third-order valence-electron chi connectivity index (χ3n) is 3.32. The molecule has 0 spiro atoms. The Hall–Kier alpha value is -1.84. The van der Waals surface area contributed by atoms with Gasteiger partial charge in [-0.25, -0.2) is 4.79 Å². The number of carbonyl (C=O) groups is 2. The van der Waals surface area contributed by atoms with Crippen molar-refractivity contribution in [2.75, 3.05) is 5.32 Å². The molecule has 0 aliphatic carbocycles. The fourth-order valence-electron chi connectivity index (χ4n) is 2.09. The first kappa shape index (κ1) is 11.6. The first-order valence-corrected chi connectivity index (χ1v) is 5.60. The van der Waals surface area contributed by atoms with Crippen LogP contribution in [0.1, 0.15) is 42.3 Å². The lowest BCUT2D eigenvalue weighted by Crippen LogP contribution is -2.26. The number of fused-ring (bicyclic) bond motifs is 1. The summed E-state index contributed by atoms with van der Waals surface area (Å²) in [6.45, 7) is 5.57. The van der Waals surface area contributed by atoms with E-state index in [1.807, 2.05) is 13.0 Å². The highest BCUT2D eigenvalue weighted by Gasteiger charge is 2.40. The molecule has 0 saturated carbocycles. The molecule has 0 fully saturated rings. The summed E-state index contributed by atoms with van der Waals surface area (Å²) < 4.78 is 0. The number of hydrogen-bond acceptors (Lipinski definition) is 2. The second-order valence-electron chi connectivity index (χ2n) is 4.80. The van der Waals surface area contributed by atoms with E-state index in [-0.39, 0.29) is 11.5 Å². The molecule has 1 aromatic rings. The van der Waals surface area contributed by atoms with Crippen molar-refractivity contribution < 1.29 is 14.7 Å². The Labute approximate surface area is 99.6 Å². The third-order valence-corrected chi connectivity index (χ3v) is 3.32. The SMILES string of the molecule is CCc1cc(C(=O)O)c2c(c1)C(C)(C)C(=O)N2. The fraction of sp³-hybridized carbons (Fsp3) is 0.385. The zero-order valence-corrected chi connectivity index (χ0v) is 10.1. The number of nitrogens with one attached hydrogen (secondary N) is 1. The number of benzene rings is 1. The van der Waals surface area contributed by atoms with Crippen LogP contribution in [0.15, 0.2) is 12.1 Å². The lowest BCUT2D eigenvalue weighted by molar-refractivity contribution is -0.119. The van der Waals surface area contributed by atoms with E-state index >= 15 is 0 Å². The van der Waals surface area contributed by atoms with Gasteiger partial charge in [0.1, 0.15) is 0 Å². The summed E-state index contributed by atoms with van der Waals surface area (Å²) in [5, 5.41) is 11.8. The van der Waals surface area contributed by atoms with E-state index in [0.29, 0.717) is 5.69 Å². The van der Waals surface area contributed by atoms with Crippen LogP contribution in [0.25, 0.3) is 0 Å². The minimum Gasteiger partial charge on any atom is -0.478 e. The van der Waals surface area contributed by atoms with Gasteiger partial charge in [-0.3, -0.25) is 4.79 Å². The summed E-state index contributed by atoms with van der Waals surface area (Å²) >= 11 is 0. The highest BCUT2D eigenvalue weighted by atomic mass is 16.4. The van der Waals surface area contributed by atoms with Crippen LogP contribution in [-0.2, 0) is 16.6 Å². The zero-order chi connectivity index (χ0) is 12.8. The van der Waals surface area contributed by atoms with Crippen molar-refractivity contribution in [3.8, 4) is 0 Å². The number of aryl methyl sites for hydroxylation is 1. The van der Waals surface area contributed by atoms with Gasteiger partial charge in [-0.1, -0.05) is 13.0 Å². The van der Waals surface area contributed by atoms with E-state index < -0.39 is 11.4 Å². The van der Waals surface area contributed by atoms with Crippen molar-refractivity contribution in [1.82, 2.24) is 0 Å². The van der Waals surface area contributed by atoms with Gasteiger partial charge in [-0.15, -0.1) is 0 Å². The molecular weight excluding hydrogens is 218 g/mol. The molecule has 2 N–H and O–H groups in total. The van der Waals surface area contributed by atoms with Crippen LogP contribution in [0.5, 0.6) is 0 Å². The van der Waals surface area contributed by atoms with E-state index in [4.69, 9.17) is 0 Å². The van der Waals surface area contributed by atoms with Crippen LogP contribution in [0.3, 0.4) is 0 Å². The number of carboxylic acid groups (broad SMARTS) is 1. The Kier molecular flexibility index (Phi) is 2.45. The molecule has 0 saturated heterocycles. The molecule has 0 atom stereocenters. The van der Waals surface area contributed by atoms with Crippen molar-refractivity contribution in [2.24, 2.45) is 0 Å². The molecule has 90 valence electrons. The average molecular weight is 233 g/mol. The number of amides is 1. The van der Waals surface area contributed by atoms with Gasteiger partial charge in [0.05, 0.1) is 16.7 Å². The Morgan fingerprint density at radius 1 is 1.41 bits per heavy atom. The topological polar surface area (TPSA) is 66.4 Å². The molecule has 1 amide bonds. The number of hydrogen-bond donors (Lipinski definition) is 2. The summed E-state index contributed by atoms with van der Waals surface area (Å²) in [4.78, 5) is 23.0. The van der Waals surface area contributed by atoms with Gasteiger partial charge in [-0.05, 0) is 37.5 Å². The molecule has 1 aliphatic rings. The number of carbonyl (C=O) groups excluding carboxylic acids is 1. The summed E-state index contributed by atoms with van der Waals surface area (Å²) in [5.41, 5.74) is 1.68. The summed E-state index contributed by atoms with van der Waals surface area (Å²) in [5.74, 6) is -1.15.